The van der Waals surface area contributed by atoms with Crippen molar-refractivity contribution in [3.05, 3.63) is 54.0 Å². The van der Waals surface area contributed by atoms with Gasteiger partial charge in [0.15, 0.2) is 5.65 Å². The van der Waals surface area contributed by atoms with E-state index >= 15 is 0 Å². The molecule has 1 aliphatic heterocycles. The summed E-state index contributed by atoms with van der Waals surface area (Å²) < 4.78 is 1.76. The van der Waals surface area contributed by atoms with Crippen molar-refractivity contribution in [2.75, 3.05) is 31.1 Å². The number of anilines is 1. The van der Waals surface area contributed by atoms with Gasteiger partial charge in [-0.2, -0.15) is 5.10 Å². The van der Waals surface area contributed by atoms with Gasteiger partial charge in [-0.3, -0.25) is 4.79 Å². The van der Waals surface area contributed by atoms with Crippen molar-refractivity contribution >= 4 is 34.4 Å². The Hall–Kier alpha value is -2.93. The van der Waals surface area contributed by atoms with Crippen molar-refractivity contribution in [3.8, 4) is 5.69 Å². The Morgan fingerprint density at radius 2 is 1.96 bits per heavy atom. The molecule has 0 N–H and O–H groups in total. The van der Waals surface area contributed by atoms with E-state index in [0.717, 1.165) is 22.5 Å². The largest absolute Gasteiger partial charge is 0.352 e. The minimum atomic E-state index is 0.0104. The molecule has 138 valence electrons. The smallest absolute Gasteiger partial charge is 0.249 e. The number of nitrogens with zero attached hydrogens (tertiary/aromatic N) is 6. The van der Waals surface area contributed by atoms with E-state index in [4.69, 9.17) is 11.6 Å². The van der Waals surface area contributed by atoms with Gasteiger partial charge in [-0.25, -0.2) is 14.6 Å². The molecule has 1 aliphatic rings. The van der Waals surface area contributed by atoms with Crippen LogP contribution in [-0.2, 0) is 4.79 Å². The Bertz CT molecular complexity index is 1020. The van der Waals surface area contributed by atoms with Crippen LogP contribution in [0.25, 0.3) is 16.7 Å². The summed E-state index contributed by atoms with van der Waals surface area (Å²) in [5.74, 6) is 0.840. The van der Waals surface area contributed by atoms with Crippen LogP contribution in [0, 0.1) is 0 Å². The highest BCUT2D eigenvalue weighted by atomic mass is 35.5. The molecule has 7 nitrogen and oxygen atoms in total. The summed E-state index contributed by atoms with van der Waals surface area (Å²) in [6.45, 7) is 8.16. The maximum atomic E-state index is 12.1. The topological polar surface area (TPSA) is 67.2 Å². The predicted octanol–water partition coefficient (Wildman–Crippen LogP) is 2.69. The van der Waals surface area contributed by atoms with E-state index in [0.29, 0.717) is 36.8 Å². The van der Waals surface area contributed by atoms with Crippen molar-refractivity contribution in [2.24, 2.45) is 0 Å². The standard InChI is InChI=1S/C19H19ClN6O/c1-13(2)19(27)25-8-6-24(7-9-25)17-16-11-23-26(18(16)22-12-21-17)15-5-3-4-14(20)10-15/h3-5,10-12H,1,6-9H2,2H3. The summed E-state index contributed by atoms with van der Waals surface area (Å²) in [5, 5.41) is 6.00. The third-order valence-electron chi connectivity index (χ3n) is 4.63. The van der Waals surface area contributed by atoms with Crippen LogP contribution < -0.4 is 4.90 Å². The number of carbonyl (C=O) groups is 1. The number of hydrogen-bond acceptors (Lipinski definition) is 5. The molecule has 0 bridgehead atoms. The zero-order valence-electron chi connectivity index (χ0n) is 15.0. The zero-order chi connectivity index (χ0) is 19.0. The quantitative estimate of drug-likeness (QED) is 0.651. The highest BCUT2D eigenvalue weighted by molar-refractivity contribution is 6.30. The van der Waals surface area contributed by atoms with Crippen molar-refractivity contribution < 1.29 is 4.79 Å². The van der Waals surface area contributed by atoms with Crippen LogP contribution in [-0.4, -0.2) is 56.7 Å². The number of carbonyl (C=O) groups excluding carboxylic acids is 1. The number of fused-ring (bicyclic) bond motifs is 1. The minimum absolute atomic E-state index is 0.0104. The summed E-state index contributed by atoms with van der Waals surface area (Å²) in [4.78, 5) is 25.0. The van der Waals surface area contributed by atoms with E-state index in [-0.39, 0.29) is 5.91 Å². The summed E-state index contributed by atoms with van der Waals surface area (Å²) in [7, 11) is 0. The Kier molecular flexibility index (Phi) is 4.53. The third-order valence-corrected chi connectivity index (χ3v) is 4.86. The fourth-order valence-corrected chi connectivity index (χ4v) is 3.46. The number of aromatic nitrogens is 4. The van der Waals surface area contributed by atoms with Crippen LogP contribution >= 0.6 is 11.6 Å². The van der Waals surface area contributed by atoms with Gasteiger partial charge in [-0.1, -0.05) is 24.2 Å². The second-order valence-electron chi connectivity index (χ2n) is 6.53. The van der Waals surface area contributed by atoms with Gasteiger partial charge in [-0.05, 0) is 25.1 Å². The van der Waals surface area contributed by atoms with E-state index in [9.17, 15) is 4.79 Å². The monoisotopic (exact) mass is 382 g/mol. The van der Waals surface area contributed by atoms with Crippen molar-refractivity contribution in [1.29, 1.82) is 0 Å². The summed E-state index contributed by atoms with van der Waals surface area (Å²) in [6, 6.07) is 7.48. The molecule has 1 aromatic carbocycles. The molecule has 2 aromatic heterocycles. The van der Waals surface area contributed by atoms with Gasteiger partial charge in [0.05, 0.1) is 17.3 Å². The number of hydrogen-bond donors (Lipinski definition) is 0. The molecule has 1 amide bonds. The van der Waals surface area contributed by atoms with E-state index in [2.05, 4.69) is 26.5 Å². The van der Waals surface area contributed by atoms with Crippen LogP contribution in [0.5, 0.6) is 0 Å². The lowest BCUT2D eigenvalue weighted by Gasteiger charge is -2.35. The third kappa shape index (κ3) is 3.26. The number of halogens is 1. The maximum Gasteiger partial charge on any atom is 0.249 e. The number of rotatable bonds is 3. The van der Waals surface area contributed by atoms with Crippen LogP contribution in [0.15, 0.2) is 48.9 Å². The van der Waals surface area contributed by atoms with Crippen LogP contribution in [0.3, 0.4) is 0 Å². The van der Waals surface area contributed by atoms with Gasteiger partial charge in [0.25, 0.3) is 0 Å². The molecule has 3 aromatic rings. The Labute approximate surface area is 161 Å². The normalized spacial score (nSPS) is 14.6. The average Bonchev–Trinajstić information content (AvgIpc) is 3.12. The lowest BCUT2D eigenvalue weighted by molar-refractivity contribution is -0.127. The van der Waals surface area contributed by atoms with Crippen LogP contribution in [0.2, 0.25) is 5.02 Å². The molecular weight excluding hydrogens is 364 g/mol. The molecule has 0 unspecified atom stereocenters. The predicted molar refractivity (Wildman–Crippen MR) is 105 cm³/mol. The second kappa shape index (κ2) is 7.00. The first kappa shape index (κ1) is 17.5. The first-order chi connectivity index (χ1) is 13.0. The minimum Gasteiger partial charge on any atom is -0.352 e. The molecule has 27 heavy (non-hydrogen) atoms. The van der Waals surface area contributed by atoms with E-state index in [1.165, 1.54) is 0 Å². The molecule has 8 heteroatoms. The molecule has 1 fully saturated rings. The highest BCUT2D eigenvalue weighted by Crippen LogP contribution is 2.26. The molecule has 0 spiro atoms. The summed E-state index contributed by atoms with van der Waals surface area (Å²) in [6.07, 6.45) is 3.32. The van der Waals surface area contributed by atoms with Gasteiger partial charge in [-0.15, -0.1) is 0 Å². The van der Waals surface area contributed by atoms with E-state index < -0.39 is 0 Å². The van der Waals surface area contributed by atoms with Crippen molar-refractivity contribution in [3.63, 3.8) is 0 Å². The lowest BCUT2D eigenvalue weighted by Crippen LogP contribution is -2.49. The van der Waals surface area contributed by atoms with Gasteiger partial charge in [0.2, 0.25) is 5.91 Å². The first-order valence-corrected chi connectivity index (χ1v) is 9.07. The van der Waals surface area contributed by atoms with E-state index in [1.807, 2.05) is 29.2 Å². The first-order valence-electron chi connectivity index (χ1n) is 8.69. The van der Waals surface area contributed by atoms with Crippen LogP contribution in [0.1, 0.15) is 6.92 Å². The zero-order valence-corrected chi connectivity index (χ0v) is 15.7. The number of benzene rings is 1. The van der Waals surface area contributed by atoms with Crippen molar-refractivity contribution in [1.82, 2.24) is 24.6 Å². The molecule has 4 rings (SSSR count). The van der Waals surface area contributed by atoms with Gasteiger partial charge < -0.3 is 9.80 Å². The number of piperazine rings is 1. The molecule has 3 heterocycles. The Morgan fingerprint density at radius 1 is 1.19 bits per heavy atom. The Morgan fingerprint density at radius 3 is 2.67 bits per heavy atom. The van der Waals surface area contributed by atoms with Gasteiger partial charge in [0.1, 0.15) is 12.1 Å². The molecule has 0 aliphatic carbocycles. The molecule has 0 saturated carbocycles. The number of amides is 1. The molecule has 1 saturated heterocycles. The van der Waals surface area contributed by atoms with Crippen molar-refractivity contribution in [2.45, 2.75) is 6.92 Å². The van der Waals surface area contributed by atoms with Gasteiger partial charge >= 0.3 is 0 Å². The fourth-order valence-electron chi connectivity index (χ4n) is 3.27. The summed E-state index contributed by atoms with van der Waals surface area (Å²) >= 11 is 6.11. The SMILES string of the molecule is C=C(C)C(=O)N1CCN(c2ncnc3c2cnn3-c2cccc(Cl)c2)CC1. The van der Waals surface area contributed by atoms with Crippen LogP contribution in [0.4, 0.5) is 5.82 Å². The second-order valence-corrected chi connectivity index (χ2v) is 6.97. The maximum absolute atomic E-state index is 12.1. The van der Waals surface area contributed by atoms with Gasteiger partial charge in [0, 0.05) is 36.8 Å². The fraction of sp³-hybridized carbons (Fsp3) is 0.263. The molecular formula is C19H19ClN6O. The highest BCUT2D eigenvalue weighted by Gasteiger charge is 2.24. The molecule has 0 radical (unpaired) electrons. The molecule has 0 atom stereocenters. The Balaban J connectivity index is 1.63. The average molecular weight is 383 g/mol. The van der Waals surface area contributed by atoms with E-state index in [1.54, 1.807) is 24.1 Å². The lowest BCUT2D eigenvalue weighted by atomic mass is 10.2. The summed E-state index contributed by atoms with van der Waals surface area (Å²) in [5.41, 5.74) is 2.14.